The molecule has 92 valence electrons. The molecule has 0 amide bonds. The van der Waals surface area contributed by atoms with Crippen molar-refractivity contribution in [2.24, 2.45) is 5.73 Å². The lowest BCUT2D eigenvalue weighted by molar-refractivity contribution is 0.207. The van der Waals surface area contributed by atoms with Gasteiger partial charge in [0.05, 0.1) is 11.7 Å². The molecule has 1 aliphatic carbocycles. The predicted octanol–water partition coefficient (Wildman–Crippen LogP) is 2.03. The van der Waals surface area contributed by atoms with Crippen molar-refractivity contribution in [3.05, 3.63) is 22.9 Å². The van der Waals surface area contributed by atoms with E-state index in [1.165, 1.54) is 5.56 Å². The van der Waals surface area contributed by atoms with E-state index in [0.717, 1.165) is 31.4 Å². The van der Waals surface area contributed by atoms with Crippen LogP contribution in [0.3, 0.4) is 0 Å². The van der Waals surface area contributed by atoms with Crippen LogP contribution < -0.4 is 10.5 Å². The maximum Gasteiger partial charge on any atom is 0.225 e. The molecule has 1 atom stereocenters. The van der Waals surface area contributed by atoms with Crippen molar-refractivity contribution >= 4 is 5.84 Å². The van der Waals surface area contributed by atoms with Crippen LogP contribution in [0.25, 0.3) is 0 Å². The molecule has 0 aliphatic heterocycles. The normalized spacial score (nSPS) is 15.4. The quantitative estimate of drug-likeness (QED) is 0.617. The minimum Gasteiger partial charge on any atom is -0.474 e. The molecule has 0 saturated carbocycles. The molecule has 0 bridgehead atoms. The lowest BCUT2D eigenvalue weighted by atomic mass is 10.1. The average Bonchev–Trinajstić information content (AvgIpc) is 2.74. The van der Waals surface area contributed by atoms with Crippen molar-refractivity contribution < 1.29 is 4.74 Å². The van der Waals surface area contributed by atoms with Gasteiger partial charge >= 0.3 is 0 Å². The zero-order valence-electron chi connectivity index (χ0n) is 10.4. The first-order valence-electron chi connectivity index (χ1n) is 6.15. The average molecular weight is 233 g/mol. The van der Waals surface area contributed by atoms with E-state index in [1.54, 1.807) is 0 Å². The van der Waals surface area contributed by atoms with Crippen LogP contribution >= 0.6 is 0 Å². The van der Waals surface area contributed by atoms with E-state index < -0.39 is 0 Å². The van der Waals surface area contributed by atoms with Gasteiger partial charge in [0.25, 0.3) is 0 Å². The van der Waals surface area contributed by atoms with Gasteiger partial charge in [-0.15, -0.1) is 0 Å². The summed E-state index contributed by atoms with van der Waals surface area (Å²) < 4.78 is 5.75. The largest absolute Gasteiger partial charge is 0.474 e. The first-order chi connectivity index (χ1) is 8.11. The van der Waals surface area contributed by atoms with Gasteiger partial charge in [0.2, 0.25) is 5.88 Å². The lowest BCUT2D eigenvalue weighted by Crippen LogP contribution is -2.18. The summed E-state index contributed by atoms with van der Waals surface area (Å²) >= 11 is 0. The van der Waals surface area contributed by atoms with Crippen molar-refractivity contribution in [1.82, 2.24) is 4.98 Å². The van der Waals surface area contributed by atoms with E-state index >= 15 is 0 Å². The third-order valence-corrected chi connectivity index (χ3v) is 3.19. The Kier molecular flexibility index (Phi) is 3.31. The van der Waals surface area contributed by atoms with Crippen LogP contribution in [0.5, 0.6) is 5.88 Å². The minimum atomic E-state index is 0.0329. The van der Waals surface area contributed by atoms with Gasteiger partial charge in [-0.3, -0.25) is 5.41 Å². The van der Waals surface area contributed by atoms with E-state index in [-0.39, 0.29) is 11.9 Å². The lowest BCUT2D eigenvalue weighted by Gasteiger charge is -2.15. The maximum absolute atomic E-state index is 7.60. The molecule has 4 heteroatoms. The van der Waals surface area contributed by atoms with Crippen LogP contribution in [0.4, 0.5) is 0 Å². The fraction of sp³-hybridized carbons (Fsp3) is 0.538. The fourth-order valence-corrected chi connectivity index (χ4v) is 2.01. The Bertz CT molecular complexity index is 443. The molecule has 3 N–H and O–H groups in total. The second-order valence-corrected chi connectivity index (χ2v) is 4.55. The van der Waals surface area contributed by atoms with Crippen LogP contribution in [-0.2, 0) is 12.8 Å². The summed E-state index contributed by atoms with van der Waals surface area (Å²) in [6.45, 7) is 4.06. The molecular weight excluding hydrogens is 214 g/mol. The molecule has 1 heterocycles. The highest BCUT2D eigenvalue weighted by Gasteiger charge is 2.19. The molecule has 1 aromatic rings. The number of nitrogens with zero attached hydrogens (tertiary/aromatic N) is 1. The number of amidine groups is 1. The predicted molar refractivity (Wildman–Crippen MR) is 67.7 cm³/mol. The number of aromatic nitrogens is 1. The monoisotopic (exact) mass is 233 g/mol. The summed E-state index contributed by atoms with van der Waals surface area (Å²) in [6.07, 6.45) is 4.18. The molecule has 0 radical (unpaired) electrons. The van der Waals surface area contributed by atoms with E-state index in [0.29, 0.717) is 11.4 Å². The number of rotatable bonds is 4. The Hall–Kier alpha value is -1.58. The second-order valence-electron chi connectivity index (χ2n) is 4.55. The van der Waals surface area contributed by atoms with Crippen molar-refractivity contribution in [3.8, 4) is 5.88 Å². The third kappa shape index (κ3) is 2.40. The number of hydrogen-bond donors (Lipinski definition) is 2. The smallest absolute Gasteiger partial charge is 0.225 e. The van der Waals surface area contributed by atoms with Crippen LogP contribution in [0.15, 0.2) is 6.07 Å². The standard InChI is InChI=1S/C13H19N3O/c1-3-8(2)17-13-10(12(14)15)7-9-5-4-6-11(9)16-13/h7-8H,3-6H2,1-2H3,(H3,14,15). The Balaban J connectivity index is 2.38. The summed E-state index contributed by atoms with van der Waals surface area (Å²) in [5, 5.41) is 7.60. The zero-order valence-corrected chi connectivity index (χ0v) is 10.4. The fourth-order valence-electron chi connectivity index (χ4n) is 2.01. The van der Waals surface area contributed by atoms with Gasteiger partial charge in [-0.05, 0) is 44.2 Å². The van der Waals surface area contributed by atoms with Gasteiger partial charge in [-0.1, -0.05) is 6.92 Å². The zero-order chi connectivity index (χ0) is 12.4. The van der Waals surface area contributed by atoms with E-state index in [2.05, 4.69) is 11.9 Å². The summed E-state index contributed by atoms with van der Waals surface area (Å²) in [7, 11) is 0. The second kappa shape index (κ2) is 4.73. The van der Waals surface area contributed by atoms with Crippen LogP contribution in [0.1, 0.15) is 43.5 Å². The Morgan fingerprint density at radius 2 is 2.35 bits per heavy atom. The Morgan fingerprint density at radius 1 is 1.59 bits per heavy atom. The van der Waals surface area contributed by atoms with Crippen molar-refractivity contribution in [2.75, 3.05) is 0 Å². The summed E-state index contributed by atoms with van der Waals surface area (Å²) in [5.41, 5.74) is 8.54. The number of pyridine rings is 1. The number of fused-ring (bicyclic) bond motifs is 1. The van der Waals surface area contributed by atoms with Gasteiger partial charge in [0.15, 0.2) is 0 Å². The van der Waals surface area contributed by atoms with Crippen molar-refractivity contribution in [2.45, 2.75) is 45.6 Å². The molecular formula is C13H19N3O. The van der Waals surface area contributed by atoms with Crippen LogP contribution in [0.2, 0.25) is 0 Å². The van der Waals surface area contributed by atoms with Crippen molar-refractivity contribution in [1.29, 1.82) is 5.41 Å². The van der Waals surface area contributed by atoms with Gasteiger partial charge in [-0.25, -0.2) is 4.98 Å². The Morgan fingerprint density at radius 3 is 3.00 bits per heavy atom. The summed E-state index contributed by atoms with van der Waals surface area (Å²) in [4.78, 5) is 4.52. The highest BCUT2D eigenvalue weighted by Crippen LogP contribution is 2.27. The van der Waals surface area contributed by atoms with E-state index in [4.69, 9.17) is 15.9 Å². The molecule has 0 spiro atoms. The molecule has 1 aliphatic rings. The number of nitrogen functional groups attached to an aromatic ring is 1. The van der Waals surface area contributed by atoms with Gasteiger partial charge in [0.1, 0.15) is 5.84 Å². The highest BCUT2D eigenvalue weighted by molar-refractivity contribution is 5.97. The first-order valence-corrected chi connectivity index (χ1v) is 6.15. The number of aryl methyl sites for hydroxylation is 2. The van der Waals surface area contributed by atoms with Gasteiger partial charge in [-0.2, -0.15) is 0 Å². The highest BCUT2D eigenvalue weighted by atomic mass is 16.5. The first kappa shape index (κ1) is 11.9. The number of nitrogens with one attached hydrogen (secondary N) is 1. The molecule has 1 unspecified atom stereocenters. The van der Waals surface area contributed by atoms with E-state index in [9.17, 15) is 0 Å². The Labute approximate surface area is 102 Å². The molecule has 2 rings (SSSR count). The van der Waals surface area contributed by atoms with Crippen molar-refractivity contribution in [3.63, 3.8) is 0 Å². The summed E-state index contributed by atoms with van der Waals surface area (Å²) in [6, 6.07) is 1.97. The van der Waals surface area contributed by atoms with E-state index in [1.807, 2.05) is 13.0 Å². The van der Waals surface area contributed by atoms with Crippen LogP contribution in [0, 0.1) is 5.41 Å². The number of nitrogens with two attached hydrogens (primary N) is 1. The molecule has 4 nitrogen and oxygen atoms in total. The molecule has 17 heavy (non-hydrogen) atoms. The third-order valence-electron chi connectivity index (χ3n) is 3.19. The van der Waals surface area contributed by atoms with Crippen LogP contribution in [-0.4, -0.2) is 16.9 Å². The molecule has 0 aromatic carbocycles. The molecule has 0 saturated heterocycles. The van der Waals surface area contributed by atoms with Gasteiger partial charge < -0.3 is 10.5 Å². The SMILES string of the molecule is CCC(C)Oc1nc2c(cc1C(=N)N)CCC2. The number of ether oxygens (including phenoxy) is 1. The number of hydrogen-bond acceptors (Lipinski definition) is 3. The summed E-state index contributed by atoms with van der Waals surface area (Å²) in [5.74, 6) is 0.554. The maximum atomic E-state index is 7.60. The minimum absolute atomic E-state index is 0.0329. The van der Waals surface area contributed by atoms with Gasteiger partial charge in [0, 0.05) is 5.69 Å². The molecule has 1 aromatic heterocycles. The topological polar surface area (TPSA) is 72.0 Å². The molecule has 0 fully saturated rings.